The van der Waals surface area contributed by atoms with Gasteiger partial charge in [-0.15, -0.1) is 0 Å². The molecule has 2 atom stereocenters. The fourth-order valence-corrected chi connectivity index (χ4v) is 1.75. The van der Waals surface area contributed by atoms with Gasteiger partial charge >= 0.3 is 5.70 Å². The number of halogens is 1. The average Bonchev–Trinajstić information content (AvgIpc) is 2.52. The molecule has 3 N–H and O–H groups in total. The van der Waals surface area contributed by atoms with Crippen LogP contribution in [0.3, 0.4) is 0 Å². The van der Waals surface area contributed by atoms with Gasteiger partial charge in [0.15, 0.2) is 0 Å². The van der Waals surface area contributed by atoms with Crippen molar-refractivity contribution >= 4 is 16.8 Å². The SMILES string of the molecule is NC=C(C(Cl)=NC1CCCC1O)[N+](=O)[O-]. The summed E-state index contributed by atoms with van der Waals surface area (Å²) in [6.45, 7) is 0. The fraction of sp³-hybridized carbons (Fsp3) is 0.625. The van der Waals surface area contributed by atoms with Crippen LogP contribution in [0.4, 0.5) is 0 Å². The third-order valence-electron chi connectivity index (χ3n) is 2.29. The van der Waals surface area contributed by atoms with E-state index < -0.39 is 16.7 Å². The van der Waals surface area contributed by atoms with Crippen molar-refractivity contribution in [3.8, 4) is 0 Å². The molecule has 2 unspecified atom stereocenters. The Morgan fingerprint density at radius 2 is 2.33 bits per heavy atom. The molecule has 6 nitrogen and oxygen atoms in total. The first-order valence-corrected chi connectivity index (χ1v) is 4.92. The molecule has 0 bridgehead atoms. The monoisotopic (exact) mass is 233 g/mol. The topological polar surface area (TPSA) is 102 Å². The summed E-state index contributed by atoms with van der Waals surface area (Å²) in [4.78, 5) is 13.6. The highest BCUT2D eigenvalue weighted by atomic mass is 35.5. The van der Waals surface area contributed by atoms with E-state index in [-0.39, 0.29) is 11.2 Å². The molecule has 0 saturated heterocycles. The van der Waals surface area contributed by atoms with Crippen molar-refractivity contribution in [1.82, 2.24) is 0 Å². The molecule has 0 aromatic carbocycles. The Bertz CT molecular complexity index is 316. The second-order valence-corrected chi connectivity index (χ2v) is 3.65. The molecule has 0 aliphatic heterocycles. The average molecular weight is 234 g/mol. The van der Waals surface area contributed by atoms with Gasteiger partial charge in [-0.25, -0.2) is 0 Å². The molecule has 1 rings (SSSR count). The summed E-state index contributed by atoms with van der Waals surface area (Å²) in [5.74, 6) is 0. The van der Waals surface area contributed by atoms with Crippen molar-refractivity contribution in [2.24, 2.45) is 10.7 Å². The van der Waals surface area contributed by atoms with Gasteiger partial charge in [0.25, 0.3) is 0 Å². The lowest BCUT2D eigenvalue weighted by Gasteiger charge is -2.08. The molecule has 0 amide bonds. The molecule has 0 heterocycles. The van der Waals surface area contributed by atoms with Crippen molar-refractivity contribution in [2.45, 2.75) is 31.4 Å². The standard InChI is InChI=1S/C8H12ClN3O3/c9-8(6(4-10)12(14)15)11-5-2-1-3-7(5)13/h4-5,7,13H,1-3,10H2. The lowest BCUT2D eigenvalue weighted by Crippen LogP contribution is -2.19. The fourth-order valence-electron chi connectivity index (χ4n) is 1.49. The summed E-state index contributed by atoms with van der Waals surface area (Å²) in [6, 6.07) is -0.354. The second-order valence-electron chi connectivity index (χ2n) is 3.29. The van der Waals surface area contributed by atoms with E-state index in [1.807, 2.05) is 0 Å². The molecule has 0 aromatic heterocycles. The normalized spacial score (nSPS) is 28.1. The molecule has 0 spiro atoms. The second kappa shape index (κ2) is 5.09. The first-order chi connectivity index (χ1) is 7.06. The number of aliphatic imine (C=N–C) groups is 1. The van der Waals surface area contributed by atoms with Crippen molar-refractivity contribution in [1.29, 1.82) is 0 Å². The third kappa shape index (κ3) is 2.90. The zero-order chi connectivity index (χ0) is 11.4. The van der Waals surface area contributed by atoms with E-state index in [0.717, 1.165) is 12.6 Å². The minimum atomic E-state index is -0.701. The predicted octanol–water partition coefficient (Wildman–Crippen LogP) is 0.614. The van der Waals surface area contributed by atoms with Crippen LogP contribution in [0.25, 0.3) is 0 Å². The highest BCUT2D eigenvalue weighted by Crippen LogP contribution is 2.23. The molecule has 1 aliphatic rings. The van der Waals surface area contributed by atoms with Crippen LogP contribution >= 0.6 is 11.6 Å². The molecule has 0 aromatic rings. The maximum Gasteiger partial charge on any atom is 0.321 e. The van der Waals surface area contributed by atoms with Gasteiger partial charge in [-0.05, 0) is 19.3 Å². The van der Waals surface area contributed by atoms with Gasteiger partial charge in [0.05, 0.1) is 23.3 Å². The van der Waals surface area contributed by atoms with Crippen LogP contribution in [0.1, 0.15) is 19.3 Å². The van der Waals surface area contributed by atoms with Gasteiger partial charge in [0, 0.05) is 0 Å². The van der Waals surface area contributed by atoms with E-state index in [0.29, 0.717) is 12.8 Å². The number of hydrogen-bond acceptors (Lipinski definition) is 5. The minimum absolute atomic E-state index is 0.256. The molecule has 0 radical (unpaired) electrons. The summed E-state index contributed by atoms with van der Waals surface area (Å²) in [5.41, 5.74) is 4.62. The maximum absolute atomic E-state index is 10.5. The minimum Gasteiger partial charge on any atom is -0.399 e. The highest BCUT2D eigenvalue weighted by molar-refractivity contribution is 6.69. The van der Waals surface area contributed by atoms with Crippen molar-refractivity contribution < 1.29 is 10.0 Å². The molecular formula is C8H12ClN3O3. The quantitative estimate of drug-likeness (QED) is 0.424. The maximum atomic E-state index is 10.5. The zero-order valence-corrected chi connectivity index (χ0v) is 8.72. The number of nitrogens with two attached hydrogens (primary N) is 1. The summed E-state index contributed by atoms with van der Waals surface area (Å²) in [6.07, 6.45) is 2.42. The Morgan fingerprint density at radius 1 is 1.67 bits per heavy atom. The van der Waals surface area contributed by atoms with Crippen LogP contribution in [0, 0.1) is 10.1 Å². The summed E-state index contributed by atoms with van der Waals surface area (Å²) in [7, 11) is 0. The van der Waals surface area contributed by atoms with Crippen molar-refractivity contribution in [3.63, 3.8) is 0 Å². The molecule has 1 saturated carbocycles. The lowest BCUT2D eigenvalue weighted by molar-refractivity contribution is -0.414. The summed E-state index contributed by atoms with van der Waals surface area (Å²) < 4.78 is 0. The first kappa shape index (κ1) is 11.9. The molecule has 7 heteroatoms. The van der Waals surface area contributed by atoms with E-state index in [4.69, 9.17) is 17.3 Å². The van der Waals surface area contributed by atoms with Crippen LogP contribution < -0.4 is 5.73 Å². The number of aliphatic hydroxyl groups excluding tert-OH is 1. The number of allylic oxidation sites excluding steroid dienone is 1. The van der Waals surface area contributed by atoms with Crippen LogP contribution in [0.15, 0.2) is 16.9 Å². The zero-order valence-electron chi connectivity index (χ0n) is 7.97. The van der Waals surface area contributed by atoms with Gasteiger partial charge in [-0.3, -0.25) is 15.1 Å². The molecular weight excluding hydrogens is 222 g/mol. The Labute approximate surface area is 91.6 Å². The number of nitro groups is 1. The van der Waals surface area contributed by atoms with Crippen LogP contribution in [-0.2, 0) is 0 Å². The Hall–Kier alpha value is -1.14. The molecule has 1 fully saturated rings. The van der Waals surface area contributed by atoms with E-state index in [9.17, 15) is 15.2 Å². The van der Waals surface area contributed by atoms with Crippen molar-refractivity contribution in [2.75, 3.05) is 0 Å². The summed E-state index contributed by atoms with van der Waals surface area (Å²) >= 11 is 5.64. The van der Waals surface area contributed by atoms with Gasteiger partial charge in [0.2, 0.25) is 5.17 Å². The number of rotatable bonds is 3. The van der Waals surface area contributed by atoms with Crippen LogP contribution in [0.5, 0.6) is 0 Å². The van der Waals surface area contributed by atoms with Crippen molar-refractivity contribution in [3.05, 3.63) is 22.0 Å². The van der Waals surface area contributed by atoms with E-state index in [1.165, 1.54) is 0 Å². The van der Waals surface area contributed by atoms with Gasteiger partial charge in [0.1, 0.15) is 0 Å². The highest BCUT2D eigenvalue weighted by Gasteiger charge is 2.27. The number of nitrogens with zero attached hydrogens (tertiary/aromatic N) is 2. The number of aliphatic hydroxyl groups is 1. The Morgan fingerprint density at radius 3 is 2.73 bits per heavy atom. The van der Waals surface area contributed by atoms with Gasteiger partial charge < -0.3 is 10.8 Å². The lowest BCUT2D eigenvalue weighted by atomic mass is 10.2. The van der Waals surface area contributed by atoms with Crippen LogP contribution in [-0.4, -0.2) is 27.3 Å². The third-order valence-corrected chi connectivity index (χ3v) is 2.58. The van der Waals surface area contributed by atoms with Gasteiger partial charge in [-0.2, -0.15) is 0 Å². The largest absolute Gasteiger partial charge is 0.399 e. The Kier molecular flexibility index (Phi) is 4.05. The summed E-state index contributed by atoms with van der Waals surface area (Å²) in [5, 5.41) is 19.6. The Balaban J connectivity index is 2.78. The predicted molar refractivity (Wildman–Crippen MR) is 56.2 cm³/mol. The molecule has 1 aliphatic carbocycles. The van der Waals surface area contributed by atoms with E-state index in [1.54, 1.807) is 0 Å². The smallest absolute Gasteiger partial charge is 0.321 e. The molecule has 15 heavy (non-hydrogen) atoms. The van der Waals surface area contributed by atoms with E-state index in [2.05, 4.69) is 4.99 Å². The first-order valence-electron chi connectivity index (χ1n) is 4.54. The van der Waals surface area contributed by atoms with Crippen LogP contribution in [0.2, 0.25) is 0 Å². The number of hydrogen-bond donors (Lipinski definition) is 2. The van der Waals surface area contributed by atoms with E-state index >= 15 is 0 Å². The van der Waals surface area contributed by atoms with Gasteiger partial charge in [-0.1, -0.05) is 11.6 Å². The molecule has 84 valence electrons.